The first-order valence-corrected chi connectivity index (χ1v) is 9.73. The molecule has 0 aliphatic rings. The summed E-state index contributed by atoms with van der Waals surface area (Å²) in [5, 5.41) is 0. The van der Waals surface area contributed by atoms with Crippen molar-refractivity contribution in [3.05, 3.63) is 90.0 Å². The summed E-state index contributed by atoms with van der Waals surface area (Å²) in [6.45, 7) is 2.03. The minimum atomic E-state index is -3.71. The van der Waals surface area contributed by atoms with Gasteiger partial charge in [0.15, 0.2) is 0 Å². The lowest BCUT2D eigenvalue weighted by atomic mass is 10.2. The van der Waals surface area contributed by atoms with Crippen LogP contribution in [0.25, 0.3) is 0 Å². The van der Waals surface area contributed by atoms with Crippen LogP contribution in [0, 0.1) is 6.92 Å². The monoisotopic (exact) mass is 367 g/mol. The second-order valence-electron chi connectivity index (χ2n) is 5.96. The summed E-state index contributed by atoms with van der Waals surface area (Å²) in [5.41, 5.74) is 2.20. The number of anilines is 1. The van der Waals surface area contributed by atoms with Gasteiger partial charge in [0.2, 0.25) is 0 Å². The largest absolute Gasteiger partial charge is 0.497 e. The Kier molecular flexibility index (Phi) is 5.28. The van der Waals surface area contributed by atoms with Crippen molar-refractivity contribution in [3.8, 4) is 5.75 Å². The molecule has 134 valence electrons. The first-order valence-electron chi connectivity index (χ1n) is 8.29. The third-order valence-corrected chi connectivity index (χ3v) is 6.10. The van der Waals surface area contributed by atoms with Crippen LogP contribution in [-0.2, 0) is 16.6 Å². The van der Waals surface area contributed by atoms with Crippen molar-refractivity contribution in [1.82, 2.24) is 0 Å². The van der Waals surface area contributed by atoms with E-state index in [0.717, 1.165) is 11.1 Å². The molecule has 3 aromatic rings. The van der Waals surface area contributed by atoms with Crippen LogP contribution >= 0.6 is 0 Å². The van der Waals surface area contributed by atoms with Gasteiger partial charge in [-0.25, -0.2) is 8.42 Å². The summed E-state index contributed by atoms with van der Waals surface area (Å²) in [5.74, 6) is 0.698. The van der Waals surface area contributed by atoms with Gasteiger partial charge >= 0.3 is 0 Å². The maximum atomic E-state index is 13.4. The van der Waals surface area contributed by atoms with E-state index in [2.05, 4.69) is 0 Å². The Hall–Kier alpha value is -2.79. The first-order chi connectivity index (χ1) is 12.5. The average Bonchev–Trinajstić information content (AvgIpc) is 2.67. The highest BCUT2D eigenvalue weighted by molar-refractivity contribution is 7.92. The average molecular weight is 367 g/mol. The van der Waals surface area contributed by atoms with Crippen molar-refractivity contribution in [3.63, 3.8) is 0 Å². The number of para-hydroxylation sites is 1. The highest BCUT2D eigenvalue weighted by atomic mass is 32.2. The van der Waals surface area contributed by atoms with Gasteiger partial charge in [0, 0.05) is 0 Å². The highest BCUT2D eigenvalue weighted by Gasteiger charge is 2.26. The second kappa shape index (κ2) is 7.62. The molecule has 0 saturated heterocycles. The van der Waals surface area contributed by atoms with Crippen LogP contribution < -0.4 is 9.04 Å². The van der Waals surface area contributed by atoms with E-state index in [0.29, 0.717) is 16.3 Å². The molecule has 26 heavy (non-hydrogen) atoms. The summed E-state index contributed by atoms with van der Waals surface area (Å²) in [6.07, 6.45) is 0. The zero-order valence-electron chi connectivity index (χ0n) is 14.8. The van der Waals surface area contributed by atoms with Gasteiger partial charge in [0.25, 0.3) is 10.0 Å². The van der Waals surface area contributed by atoms with E-state index in [9.17, 15) is 8.42 Å². The number of benzene rings is 3. The molecule has 0 spiro atoms. The van der Waals surface area contributed by atoms with Crippen molar-refractivity contribution < 1.29 is 13.2 Å². The SMILES string of the molecule is COc1cccc(CN(c2ccccc2)S(=O)(=O)c2ccccc2C)c1. The zero-order valence-corrected chi connectivity index (χ0v) is 15.6. The minimum absolute atomic E-state index is 0.220. The maximum absolute atomic E-state index is 13.4. The molecule has 0 bridgehead atoms. The van der Waals surface area contributed by atoms with Crippen molar-refractivity contribution >= 4 is 15.7 Å². The smallest absolute Gasteiger partial charge is 0.264 e. The molecular formula is C21H21NO3S. The fraction of sp³-hybridized carbons (Fsp3) is 0.143. The van der Waals surface area contributed by atoms with Crippen LogP contribution in [0.1, 0.15) is 11.1 Å². The van der Waals surface area contributed by atoms with E-state index >= 15 is 0 Å². The molecule has 0 heterocycles. The quantitative estimate of drug-likeness (QED) is 0.649. The molecule has 3 aromatic carbocycles. The van der Waals surface area contributed by atoms with Crippen LogP contribution in [0.3, 0.4) is 0 Å². The van der Waals surface area contributed by atoms with Crippen LogP contribution in [0.4, 0.5) is 5.69 Å². The molecule has 0 radical (unpaired) electrons. The summed E-state index contributed by atoms with van der Waals surface area (Å²) < 4.78 is 33.5. The molecule has 0 amide bonds. The van der Waals surface area contributed by atoms with Crippen molar-refractivity contribution in [2.24, 2.45) is 0 Å². The maximum Gasteiger partial charge on any atom is 0.264 e. The van der Waals surface area contributed by atoms with Crippen LogP contribution in [0.2, 0.25) is 0 Å². The molecule has 3 rings (SSSR count). The molecule has 0 fully saturated rings. The molecule has 4 nitrogen and oxygen atoms in total. The Morgan fingerprint density at radius 3 is 2.27 bits per heavy atom. The molecule has 0 saturated carbocycles. The standard InChI is InChI=1S/C21H21NO3S/c1-17-9-6-7-14-21(17)26(23,24)22(19-11-4-3-5-12-19)16-18-10-8-13-20(15-18)25-2/h3-15H,16H2,1-2H3. The number of ether oxygens (including phenoxy) is 1. The van der Waals surface area contributed by atoms with E-state index in [-0.39, 0.29) is 6.54 Å². The van der Waals surface area contributed by atoms with Gasteiger partial charge < -0.3 is 4.74 Å². The number of nitrogens with zero attached hydrogens (tertiary/aromatic N) is 1. The van der Waals surface area contributed by atoms with Gasteiger partial charge in [-0.15, -0.1) is 0 Å². The number of hydrogen-bond donors (Lipinski definition) is 0. The Morgan fingerprint density at radius 1 is 0.885 bits per heavy atom. The minimum Gasteiger partial charge on any atom is -0.497 e. The third-order valence-electron chi connectivity index (χ3n) is 4.17. The van der Waals surface area contributed by atoms with Crippen LogP contribution in [0.5, 0.6) is 5.75 Å². The van der Waals surface area contributed by atoms with Crippen molar-refractivity contribution in [2.75, 3.05) is 11.4 Å². The normalized spacial score (nSPS) is 11.2. The molecule has 0 unspecified atom stereocenters. The first kappa shape index (κ1) is 18.0. The fourth-order valence-corrected chi connectivity index (χ4v) is 4.49. The highest BCUT2D eigenvalue weighted by Crippen LogP contribution is 2.28. The van der Waals surface area contributed by atoms with E-state index in [1.165, 1.54) is 4.31 Å². The Balaban J connectivity index is 2.08. The summed E-state index contributed by atoms with van der Waals surface area (Å²) in [6, 6.07) is 23.6. The van der Waals surface area contributed by atoms with E-state index in [1.54, 1.807) is 31.4 Å². The van der Waals surface area contributed by atoms with Crippen molar-refractivity contribution in [1.29, 1.82) is 0 Å². The van der Waals surface area contributed by atoms with Gasteiger partial charge in [0.1, 0.15) is 5.75 Å². The second-order valence-corrected chi connectivity index (χ2v) is 7.79. The number of aryl methyl sites for hydroxylation is 1. The molecule has 5 heteroatoms. The lowest BCUT2D eigenvalue weighted by Gasteiger charge is -2.25. The molecule has 0 aliphatic carbocycles. The zero-order chi connectivity index (χ0) is 18.6. The predicted molar refractivity (Wildman–Crippen MR) is 104 cm³/mol. The van der Waals surface area contributed by atoms with Gasteiger partial charge in [-0.1, -0.05) is 48.5 Å². The van der Waals surface area contributed by atoms with Gasteiger partial charge in [-0.2, -0.15) is 0 Å². The summed E-state index contributed by atoms with van der Waals surface area (Å²) in [4.78, 5) is 0.312. The third kappa shape index (κ3) is 3.73. The molecule has 0 aromatic heterocycles. The summed E-state index contributed by atoms with van der Waals surface area (Å²) >= 11 is 0. The van der Waals surface area contributed by atoms with E-state index < -0.39 is 10.0 Å². The number of methoxy groups -OCH3 is 1. The molecular weight excluding hydrogens is 346 g/mol. The Bertz CT molecular complexity index is 985. The topological polar surface area (TPSA) is 46.6 Å². The van der Waals surface area contributed by atoms with Gasteiger partial charge in [-0.3, -0.25) is 4.31 Å². The van der Waals surface area contributed by atoms with Crippen molar-refractivity contribution in [2.45, 2.75) is 18.4 Å². The van der Waals surface area contributed by atoms with E-state index in [4.69, 9.17) is 4.74 Å². The summed E-state index contributed by atoms with van der Waals surface area (Å²) in [7, 11) is -2.11. The van der Waals surface area contributed by atoms with E-state index in [1.807, 2.05) is 61.5 Å². The predicted octanol–water partition coefficient (Wildman–Crippen LogP) is 4.40. The van der Waals surface area contributed by atoms with Crippen LogP contribution in [-0.4, -0.2) is 15.5 Å². The molecule has 0 N–H and O–H groups in total. The lowest BCUT2D eigenvalue weighted by Crippen LogP contribution is -2.31. The number of hydrogen-bond acceptors (Lipinski definition) is 3. The Labute approximate surface area is 154 Å². The fourth-order valence-electron chi connectivity index (χ4n) is 2.81. The molecule has 0 aliphatic heterocycles. The van der Waals surface area contributed by atoms with Gasteiger partial charge in [-0.05, 0) is 48.4 Å². The lowest BCUT2D eigenvalue weighted by molar-refractivity contribution is 0.414. The Morgan fingerprint density at radius 2 is 1.58 bits per heavy atom. The van der Waals surface area contributed by atoms with Crippen LogP contribution in [0.15, 0.2) is 83.8 Å². The molecule has 0 atom stereocenters. The van der Waals surface area contributed by atoms with Gasteiger partial charge in [0.05, 0.1) is 24.2 Å². The number of rotatable bonds is 6. The number of sulfonamides is 1.